The highest BCUT2D eigenvalue weighted by atomic mass is 16.6. The number of hydrogen-bond donors (Lipinski definition) is 0. The summed E-state index contributed by atoms with van der Waals surface area (Å²) in [6.07, 6.45) is 0. The Labute approximate surface area is 138 Å². The molecule has 1 saturated heterocycles. The minimum Gasteiger partial charge on any atom is -0.486 e. The molecule has 2 aromatic rings. The average Bonchev–Trinajstić information content (AvgIpc) is 3.07. The van der Waals surface area contributed by atoms with Crippen molar-refractivity contribution in [1.29, 1.82) is 0 Å². The lowest BCUT2D eigenvalue weighted by molar-refractivity contribution is -0.0106. The second kappa shape index (κ2) is 6.12. The molecule has 0 radical (unpaired) electrons. The van der Waals surface area contributed by atoms with E-state index in [1.165, 1.54) is 0 Å². The first-order valence-corrected chi connectivity index (χ1v) is 7.81. The van der Waals surface area contributed by atoms with Crippen LogP contribution in [0.1, 0.15) is 28.2 Å². The zero-order valence-electron chi connectivity index (χ0n) is 13.2. The first-order valence-electron chi connectivity index (χ1n) is 7.81. The number of benzene rings is 1. The molecule has 126 valence electrons. The standard InChI is InChI=1S/C16H17N3O5/c1-10-17-18-15(24-10)12-9-21-5-4-19(12)16(20)11-2-3-13-14(8-11)23-7-6-22-13/h2-3,8,12H,4-7,9H2,1H3/t12-/m1/s1. The van der Waals surface area contributed by atoms with Crippen molar-refractivity contribution in [3.8, 4) is 11.5 Å². The molecule has 1 amide bonds. The topological polar surface area (TPSA) is 86.9 Å². The van der Waals surface area contributed by atoms with E-state index >= 15 is 0 Å². The molecule has 1 atom stereocenters. The number of aryl methyl sites for hydroxylation is 1. The van der Waals surface area contributed by atoms with Crippen molar-refractivity contribution in [3.63, 3.8) is 0 Å². The van der Waals surface area contributed by atoms with Gasteiger partial charge in [-0.05, 0) is 18.2 Å². The number of aromatic nitrogens is 2. The van der Waals surface area contributed by atoms with Gasteiger partial charge in [-0.2, -0.15) is 0 Å². The Morgan fingerprint density at radius 1 is 1.17 bits per heavy atom. The molecule has 8 nitrogen and oxygen atoms in total. The SMILES string of the molecule is Cc1nnc([C@H]2COCCN2C(=O)c2ccc3c(c2)OCCO3)o1. The van der Waals surface area contributed by atoms with Gasteiger partial charge in [0.05, 0.1) is 13.2 Å². The number of amides is 1. The van der Waals surface area contributed by atoms with Crippen molar-refractivity contribution in [2.75, 3.05) is 33.0 Å². The molecule has 8 heteroatoms. The lowest BCUT2D eigenvalue weighted by Crippen LogP contribution is -2.43. The quantitative estimate of drug-likeness (QED) is 0.821. The van der Waals surface area contributed by atoms with Crippen LogP contribution in [0.25, 0.3) is 0 Å². The molecule has 1 fully saturated rings. The lowest BCUT2D eigenvalue weighted by Gasteiger charge is -2.33. The summed E-state index contributed by atoms with van der Waals surface area (Å²) in [7, 11) is 0. The summed E-state index contributed by atoms with van der Waals surface area (Å²) in [4.78, 5) is 14.7. The van der Waals surface area contributed by atoms with E-state index in [0.29, 0.717) is 61.8 Å². The van der Waals surface area contributed by atoms with Crippen LogP contribution >= 0.6 is 0 Å². The Hall–Kier alpha value is -2.61. The fraction of sp³-hybridized carbons (Fsp3) is 0.438. The van der Waals surface area contributed by atoms with Crippen molar-refractivity contribution >= 4 is 5.91 Å². The number of rotatable bonds is 2. The molecular weight excluding hydrogens is 314 g/mol. The average molecular weight is 331 g/mol. The summed E-state index contributed by atoms with van der Waals surface area (Å²) in [6.45, 7) is 3.97. The van der Waals surface area contributed by atoms with Gasteiger partial charge >= 0.3 is 0 Å². The number of carbonyl (C=O) groups excluding carboxylic acids is 1. The minimum absolute atomic E-state index is 0.129. The minimum atomic E-state index is -0.388. The summed E-state index contributed by atoms with van der Waals surface area (Å²) >= 11 is 0. The van der Waals surface area contributed by atoms with Gasteiger partial charge in [0, 0.05) is 19.0 Å². The Balaban J connectivity index is 1.62. The summed E-state index contributed by atoms with van der Waals surface area (Å²) in [5, 5.41) is 7.87. The van der Waals surface area contributed by atoms with Crippen molar-refractivity contribution in [1.82, 2.24) is 15.1 Å². The van der Waals surface area contributed by atoms with E-state index in [1.807, 2.05) is 0 Å². The Morgan fingerprint density at radius 2 is 2.00 bits per heavy atom. The third kappa shape index (κ3) is 2.69. The highest BCUT2D eigenvalue weighted by Gasteiger charge is 2.33. The summed E-state index contributed by atoms with van der Waals surface area (Å²) < 4.78 is 22.0. The predicted molar refractivity (Wildman–Crippen MR) is 81.1 cm³/mol. The van der Waals surface area contributed by atoms with Crippen LogP contribution in [0.4, 0.5) is 0 Å². The fourth-order valence-electron chi connectivity index (χ4n) is 2.84. The molecule has 1 aromatic heterocycles. The molecule has 1 aromatic carbocycles. The van der Waals surface area contributed by atoms with Gasteiger partial charge in [0.25, 0.3) is 5.91 Å². The second-order valence-electron chi connectivity index (χ2n) is 5.61. The van der Waals surface area contributed by atoms with Crippen molar-refractivity contribution in [2.45, 2.75) is 13.0 Å². The van der Waals surface area contributed by atoms with Crippen molar-refractivity contribution in [2.24, 2.45) is 0 Å². The van der Waals surface area contributed by atoms with Crippen LogP contribution in [0.2, 0.25) is 0 Å². The summed E-state index contributed by atoms with van der Waals surface area (Å²) in [5.74, 6) is 1.96. The number of morpholine rings is 1. The largest absolute Gasteiger partial charge is 0.486 e. The molecular formula is C16H17N3O5. The number of carbonyl (C=O) groups is 1. The Morgan fingerprint density at radius 3 is 2.79 bits per heavy atom. The van der Waals surface area contributed by atoms with E-state index in [4.69, 9.17) is 18.6 Å². The maximum Gasteiger partial charge on any atom is 0.254 e. The molecule has 2 aliphatic heterocycles. The van der Waals surface area contributed by atoms with E-state index in [2.05, 4.69) is 10.2 Å². The van der Waals surface area contributed by atoms with Gasteiger partial charge in [0.1, 0.15) is 19.3 Å². The van der Waals surface area contributed by atoms with Crippen LogP contribution in [-0.4, -0.2) is 54.0 Å². The zero-order valence-corrected chi connectivity index (χ0v) is 13.2. The fourth-order valence-corrected chi connectivity index (χ4v) is 2.84. The normalized spacial score (nSPS) is 20.0. The number of fused-ring (bicyclic) bond motifs is 1. The maximum absolute atomic E-state index is 13.0. The monoisotopic (exact) mass is 331 g/mol. The molecule has 24 heavy (non-hydrogen) atoms. The number of ether oxygens (including phenoxy) is 3. The molecule has 0 N–H and O–H groups in total. The van der Waals surface area contributed by atoms with Gasteiger partial charge < -0.3 is 23.5 Å². The van der Waals surface area contributed by atoms with Crippen LogP contribution in [0, 0.1) is 6.92 Å². The van der Waals surface area contributed by atoms with Crippen LogP contribution < -0.4 is 9.47 Å². The Kier molecular flexibility index (Phi) is 3.81. The van der Waals surface area contributed by atoms with Gasteiger partial charge in [-0.1, -0.05) is 0 Å². The molecule has 0 spiro atoms. The van der Waals surface area contributed by atoms with Crippen molar-refractivity contribution in [3.05, 3.63) is 35.5 Å². The van der Waals surface area contributed by atoms with Crippen LogP contribution in [0.15, 0.2) is 22.6 Å². The highest BCUT2D eigenvalue weighted by Crippen LogP contribution is 2.32. The van der Waals surface area contributed by atoms with Crippen molar-refractivity contribution < 1.29 is 23.4 Å². The first-order chi connectivity index (χ1) is 11.7. The molecule has 0 unspecified atom stereocenters. The molecule has 0 saturated carbocycles. The molecule has 3 heterocycles. The van der Waals surface area contributed by atoms with E-state index in [0.717, 1.165) is 0 Å². The zero-order chi connectivity index (χ0) is 16.5. The molecule has 4 rings (SSSR count). The second-order valence-corrected chi connectivity index (χ2v) is 5.61. The third-order valence-electron chi connectivity index (χ3n) is 4.01. The van der Waals surface area contributed by atoms with Gasteiger partial charge in [0.15, 0.2) is 11.5 Å². The predicted octanol–water partition coefficient (Wildman–Crippen LogP) is 1.36. The maximum atomic E-state index is 13.0. The van der Waals surface area contributed by atoms with Crippen LogP contribution in [0.3, 0.4) is 0 Å². The summed E-state index contributed by atoms with van der Waals surface area (Å²) in [5.41, 5.74) is 0.530. The first kappa shape index (κ1) is 14.9. The lowest BCUT2D eigenvalue weighted by atomic mass is 10.1. The van der Waals surface area contributed by atoms with Gasteiger partial charge in [-0.25, -0.2) is 0 Å². The van der Waals surface area contributed by atoms with Crippen LogP contribution in [-0.2, 0) is 4.74 Å². The highest BCUT2D eigenvalue weighted by molar-refractivity contribution is 5.95. The van der Waals surface area contributed by atoms with E-state index in [9.17, 15) is 4.79 Å². The number of nitrogens with zero attached hydrogens (tertiary/aromatic N) is 3. The molecule has 0 aliphatic carbocycles. The molecule has 2 aliphatic rings. The van der Waals surface area contributed by atoms with E-state index in [-0.39, 0.29) is 11.9 Å². The molecule has 0 bridgehead atoms. The van der Waals surface area contributed by atoms with Gasteiger partial charge in [-0.3, -0.25) is 4.79 Å². The van der Waals surface area contributed by atoms with Gasteiger partial charge in [0.2, 0.25) is 11.8 Å². The number of hydrogen-bond acceptors (Lipinski definition) is 7. The van der Waals surface area contributed by atoms with E-state index in [1.54, 1.807) is 30.0 Å². The summed E-state index contributed by atoms with van der Waals surface area (Å²) in [6, 6.07) is 4.82. The van der Waals surface area contributed by atoms with Gasteiger partial charge in [-0.15, -0.1) is 10.2 Å². The Bertz CT molecular complexity index is 760. The third-order valence-corrected chi connectivity index (χ3v) is 4.01. The smallest absolute Gasteiger partial charge is 0.254 e. The van der Waals surface area contributed by atoms with Crippen LogP contribution in [0.5, 0.6) is 11.5 Å². The van der Waals surface area contributed by atoms with E-state index < -0.39 is 0 Å².